The maximum atomic E-state index is 12.6. The molecule has 2 nitrogen and oxygen atoms in total. The molecule has 1 atom stereocenters. The predicted molar refractivity (Wildman–Crippen MR) is 85.6 cm³/mol. The molecule has 1 unspecified atom stereocenters. The molecule has 3 heteroatoms. The third-order valence-corrected chi connectivity index (χ3v) is 4.98. The van der Waals surface area contributed by atoms with Crippen molar-refractivity contribution in [3.8, 4) is 0 Å². The molecule has 1 saturated carbocycles. The van der Waals surface area contributed by atoms with Gasteiger partial charge in [-0.25, -0.2) is 0 Å². The second-order valence-corrected chi connectivity index (χ2v) is 7.83. The molecule has 1 aliphatic rings. The van der Waals surface area contributed by atoms with Crippen molar-refractivity contribution in [2.24, 2.45) is 11.3 Å². The molecule has 1 fully saturated rings. The van der Waals surface area contributed by atoms with Crippen molar-refractivity contribution in [2.75, 3.05) is 11.9 Å². The Balaban J connectivity index is 2.61. The largest absolute Gasteiger partial charge is 0.339 e. The lowest BCUT2D eigenvalue weighted by Gasteiger charge is -2.36. The summed E-state index contributed by atoms with van der Waals surface area (Å²) in [6.07, 6.45) is 6.99. The van der Waals surface area contributed by atoms with Crippen molar-refractivity contribution in [3.05, 3.63) is 0 Å². The van der Waals surface area contributed by atoms with Crippen LogP contribution < -0.4 is 0 Å². The van der Waals surface area contributed by atoms with Gasteiger partial charge in [-0.05, 0) is 24.2 Å². The van der Waals surface area contributed by atoms with Crippen molar-refractivity contribution in [3.63, 3.8) is 0 Å². The lowest BCUT2D eigenvalue weighted by Crippen LogP contribution is -2.43. The molecule has 19 heavy (non-hydrogen) atoms. The summed E-state index contributed by atoms with van der Waals surface area (Å²) in [5.74, 6) is 0.787. The number of hydrogen-bond acceptors (Lipinski definition) is 1. The van der Waals surface area contributed by atoms with Crippen LogP contribution in [-0.4, -0.2) is 28.7 Å². The number of amides is 1. The number of alkyl halides is 1. The molecule has 0 bridgehead atoms. The standard InChI is InChI=1S/C16H30BrNO/c1-13(16(2,3)4)12-15(19)18(11-10-17)14-8-6-5-7-9-14/h13-14H,5-12H2,1-4H3. The van der Waals surface area contributed by atoms with Crippen LogP contribution >= 0.6 is 15.9 Å². The molecule has 0 aliphatic heterocycles. The molecule has 0 aromatic rings. The van der Waals surface area contributed by atoms with Crippen LogP contribution in [0.25, 0.3) is 0 Å². The van der Waals surface area contributed by atoms with Crippen LogP contribution in [0.5, 0.6) is 0 Å². The van der Waals surface area contributed by atoms with E-state index in [0.29, 0.717) is 24.3 Å². The van der Waals surface area contributed by atoms with Crippen LogP contribution in [0.4, 0.5) is 0 Å². The molecule has 1 amide bonds. The summed E-state index contributed by atoms with van der Waals surface area (Å²) in [5.41, 5.74) is 0.211. The molecule has 0 radical (unpaired) electrons. The van der Waals surface area contributed by atoms with E-state index in [4.69, 9.17) is 0 Å². The summed E-state index contributed by atoms with van der Waals surface area (Å²) >= 11 is 3.50. The summed E-state index contributed by atoms with van der Waals surface area (Å²) in [5, 5.41) is 0.888. The SMILES string of the molecule is CC(CC(=O)N(CCBr)C1CCCCC1)C(C)(C)C. The van der Waals surface area contributed by atoms with Crippen molar-refractivity contribution in [2.45, 2.75) is 72.3 Å². The average molecular weight is 332 g/mol. The van der Waals surface area contributed by atoms with Crippen molar-refractivity contribution < 1.29 is 4.79 Å². The Kier molecular flexibility index (Phi) is 6.85. The van der Waals surface area contributed by atoms with Gasteiger partial charge >= 0.3 is 0 Å². The van der Waals surface area contributed by atoms with Gasteiger partial charge in [0.1, 0.15) is 0 Å². The number of hydrogen-bond donors (Lipinski definition) is 0. The molecule has 0 aromatic heterocycles. The highest BCUT2D eigenvalue weighted by Gasteiger charge is 2.29. The number of halogens is 1. The summed E-state index contributed by atoms with van der Waals surface area (Å²) in [7, 11) is 0. The fourth-order valence-corrected chi connectivity index (χ4v) is 3.06. The first-order valence-corrected chi connectivity index (χ1v) is 8.84. The van der Waals surface area contributed by atoms with E-state index in [2.05, 4.69) is 48.5 Å². The topological polar surface area (TPSA) is 20.3 Å². The van der Waals surface area contributed by atoms with E-state index in [1.54, 1.807) is 0 Å². The molecule has 1 aliphatic carbocycles. The van der Waals surface area contributed by atoms with Crippen LogP contribution in [0.15, 0.2) is 0 Å². The minimum Gasteiger partial charge on any atom is -0.339 e. The van der Waals surface area contributed by atoms with Gasteiger partial charge in [0.05, 0.1) is 0 Å². The van der Waals surface area contributed by atoms with E-state index in [0.717, 1.165) is 11.9 Å². The molecule has 0 aromatic carbocycles. The number of carbonyl (C=O) groups excluding carboxylic acids is 1. The van der Waals surface area contributed by atoms with Gasteiger partial charge in [0.2, 0.25) is 5.91 Å². The van der Waals surface area contributed by atoms with Crippen LogP contribution in [0, 0.1) is 11.3 Å². The molecule has 1 rings (SSSR count). The van der Waals surface area contributed by atoms with Crippen molar-refractivity contribution >= 4 is 21.8 Å². The van der Waals surface area contributed by atoms with Crippen LogP contribution in [-0.2, 0) is 4.79 Å². The fraction of sp³-hybridized carbons (Fsp3) is 0.938. The lowest BCUT2D eigenvalue weighted by molar-refractivity contribution is -0.135. The number of nitrogens with zero attached hydrogens (tertiary/aromatic N) is 1. The summed E-state index contributed by atoms with van der Waals surface area (Å²) in [6, 6.07) is 0.492. The van der Waals surface area contributed by atoms with Gasteiger partial charge in [-0.15, -0.1) is 0 Å². The van der Waals surface area contributed by atoms with Gasteiger partial charge in [0, 0.05) is 24.3 Å². The molecular formula is C16H30BrNO. The first kappa shape index (κ1) is 17.0. The molecule has 0 heterocycles. The minimum absolute atomic E-state index is 0.211. The third kappa shape index (κ3) is 5.45. The number of rotatable bonds is 5. The monoisotopic (exact) mass is 331 g/mol. The van der Waals surface area contributed by atoms with E-state index in [-0.39, 0.29) is 5.41 Å². The lowest BCUT2D eigenvalue weighted by atomic mass is 9.79. The van der Waals surface area contributed by atoms with E-state index in [9.17, 15) is 4.79 Å². The summed E-state index contributed by atoms with van der Waals surface area (Å²) < 4.78 is 0. The maximum absolute atomic E-state index is 12.6. The Bertz CT molecular complexity index is 279. The first-order valence-electron chi connectivity index (χ1n) is 7.71. The van der Waals surface area contributed by atoms with Crippen LogP contribution in [0.2, 0.25) is 0 Å². The normalized spacial score (nSPS) is 19.2. The van der Waals surface area contributed by atoms with E-state index in [1.807, 2.05) is 0 Å². The smallest absolute Gasteiger partial charge is 0.223 e. The Labute approximate surface area is 127 Å². The Hall–Kier alpha value is -0.0500. The quantitative estimate of drug-likeness (QED) is 0.673. The predicted octanol–water partition coefficient (Wildman–Crippen LogP) is 4.61. The summed E-state index contributed by atoms with van der Waals surface area (Å²) in [4.78, 5) is 14.7. The van der Waals surface area contributed by atoms with E-state index < -0.39 is 0 Å². The number of carbonyl (C=O) groups is 1. The second-order valence-electron chi connectivity index (χ2n) is 7.04. The molecule has 0 N–H and O–H groups in total. The zero-order chi connectivity index (χ0) is 14.5. The first-order chi connectivity index (χ1) is 8.86. The molecule has 0 saturated heterocycles. The minimum atomic E-state index is 0.211. The maximum Gasteiger partial charge on any atom is 0.223 e. The Morgan fingerprint density at radius 3 is 2.32 bits per heavy atom. The summed E-state index contributed by atoms with van der Waals surface area (Å²) in [6.45, 7) is 9.73. The van der Waals surface area contributed by atoms with Gasteiger partial charge in [-0.3, -0.25) is 4.79 Å². The van der Waals surface area contributed by atoms with Gasteiger partial charge in [-0.1, -0.05) is 62.9 Å². The Morgan fingerprint density at radius 1 is 1.26 bits per heavy atom. The van der Waals surface area contributed by atoms with E-state index in [1.165, 1.54) is 32.1 Å². The van der Waals surface area contributed by atoms with Gasteiger partial charge in [0.25, 0.3) is 0 Å². The zero-order valence-corrected chi connectivity index (χ0v) is 14.6. The highest BCUT2D eigenvalue weighted by Crippen LogP contribution is 2.30. The molecular weight excluding hydrogens is 302 g/mol. The highest BCUT2D eigenvalue weighted by atomic mass is 79.9. The van der Waals surface area contributed by atoms with Crippen molar-refractivity contribution in [1.29, 1.82) is 0 Å². The fourth-order valence-electron chi connectivity index (χ4n) is 2.68. The van der Waals surface area contributed by atoms with Gasteiger partial charge in [-0.2, -0.15) is 0 Å². The highest BCUT2D eigenvalue weighted by molar-refractivity contribution is 9.09. The van der Waals surface area contributed by atoms with Gasteiger partial charge < -0.3 is 4.90 Å². The van der Waals surface area contributed by atoms with E-state index >= 15 is 0 Å². The average Bonchev–Trinajstić information content (AvgIpc) is 2.35. The molecule has 112 valence electrons. The third-order valence-electron chi connectivity index (χ3n) is 4.62. The molecule has 0 spiro atoms. The second kappa shape index (κ2) is 7.66. The van der Waals surface area contributed by atoms with Gasteiger partial charge in [0.15, 0.2) is 0 Å². The zero-order valence-electron chi connectivity index (χ0n) is 13.0. The van der Waals surface area contributed by atoms with Crippen LogP contribution in [0.3, 0.4) is 0 Å². The Morgan fingerprint density at radius 2 is 1.84 bits per heavy atom. The van der Waals surface area contributed by atoms with Crippen LogP contribution in [0.1, 0.15) is 66.2 Å². The van der Waals surface area contributed by atoms with Crippen molar-refractivity contribution in [1.82, 2.24) is 4.90 Å².